The average Bonchev–Trinajstić information content (AvgIpc) is 2.64. The molecule has 28 heavy (non-hydrogen) atoms. The van der Waals surface area contributed by atoms with Crippen molar-refractivity contribution in [2.24, 2.45) is 0 Å². The minimum absolute atomic E-state index is 0.247. The Kier molecular flexibility index (Phi) is 8.78. The summed E-state index contributed by atoms with van der Waals surface area (Å²) in [5, 5.41) is 2.76. The van der Waals surface area contributed by atoms with E-state index in [-0.39, 0.29) is 18.3 Å². The molecule has 0 aliphatic rings. The Hall–Kier alpha value is -1.58. The fourth-order valence-corrected chi connectivity index (χ4v) is 4.41. The van der Waals surface area contributed by atoms with E-state index in [4.69, 9.17) is 0 Å². The molecule has 9 heteroatoms. The van der Waals surface area contributed by atoms with Crippen molar-refractivity contribution in [1.82, 2.24) is 5.32 Å². The lowest BCUT2D eigenvalue weighted by Gasteiger charge is -2.22. The van der Waals surface area contributed by atoms with Crippen LogP contribution < -0.4 is 9.62 Å². The Morgan fingerprint density at radius 2 is 1.79 bits per heavy atom. The molecule has 1 N–H and O–H groups in total. The third-order valence-corrected chi connectivity index (χ3v) is 6.56. The van der Waals surface area contributed by atoms with Crippen LogP contribution in [0.1, 0.15) is 12.0 Å². The maximum Gasteiger partial charge on any atom is 0.240 e. The van der Waals surface area contributed by atoms with Gasteiger partial charge in [-0.3, -0.25) is 9.10 Å². The lowest BCUT2D eigenvalue weighted by atomic mass is 10.2. The van der Waals surface area contributed by atoms with Gasteiger partial charge in [0.2, 0.25) is 15.9 Å². The summed E-state index contributed by atoms with van der Waals surface area (Å²) in [5.41, 5.74) is 1.49. The van der Waals surface area contributed by atoms with Gasteiger partial charge in [0.1, 0.15) is 12.4 Å². The van der Waals surface area contributed by atoms with Crippen molar-refractivity contribution in [3.05, 3.63) is 64.4 Å². The molecule has 0 fully saturated rings. The molecule has 0 aliphatic heterocycles. The molecule has 0 spiro atoms. The second-order valence-corrected chi connectivity index (χ2v) is 10.1. The van der Waals surface area contributed by atoms with Crippen LogP contribution in [0.4, 0.5) is 10.1 Å². The number of anilines is 1. The third kappa shape index (κ3) is 7.81. The Balaban J connectivity index is 1.74. The van der Waals surface area contributed by atoms with E-state index in [0.717, 1.165) is 38.5 Å². The predicted molar refractivity (Wildman–Crippen MR) is 117 cm³/mol. The number of nitrogens with one attached hydrogen (secondary N) is 1. The number of sulfonamides is 1. The number of hydrogen-bond acceptors (Lipinski definition) is 4. The Morgan fingerprint density at radius 3 is 2.39 bits per heavy atom. The van der Waals surface area contributed by atoms with Crippen LogP contribution in [0.5, 0.6) is 0 Å². The summed E-state index contributed by atoms with van der Waals surface area (Å²) in [6, 6.07) is 13.1. The van der Waals surface area contributed by atoms with Gasteiger partial charge in [-0.05, 0) is 54.1 Å². The van der Waals surface area contributed by atoms with Crippen LogP contribution in [0.2, 0.25) is 0 Å². The van der Waals surface area contributed by atoms with Crippen LogP contribution in [0.3, 0.4) is 0 Å². The van der Waals surface area contributed by atoms with Gasteiger partial charge in [0.15, 0.2) is 0 Å². The number of rotatable bonds is 10. The third-order valence-electron chi connectivity index (χ3n) is 3.77. The number of hydrogen-bond donors (Lipinski definition) is 1. The number of carbonyl (C=O) groups excluding carboxylic acids is 1. The molecule has 0 bridgehead atoms. The van der Waals surface area contributed by atoms with E-state index in [1.54, 1.807) is 48.2 Å². The van der Waals surface area contributed by atoms with E-state index in [9.17, 15) is 17.6 Å². The molecular formula is C19H22BrFN2O3S2. The zero-order chi connectivity index (χ0) is 20.6. The summed E-state index contributed by atoms with van der Waals surface area (Å²) >= 11 is 5.00. The van der Waals surface area contributed by atoms with E-state index >= 15 is 0 Å². The summed E-state index contributed by atoms with van der Waals surface area (Å²) in [6.45, 7) is 0.205. The molecule has 152 valence electrons. The zero-order valence-electron chi connectivity index (χ0n) is 15.4. The summed E-state index contributed by atoms with van der Waals surface area (Å²) in [7, 11) is -3.57. The van der Waals surface area contributed by atoms with Crippen LogP contribution in [0.25, 0.3) is 0 Å². The molecule has 2 aromatic rings. The van der Waals surface area contributed by atoms with Crippen molar-refractivity contribution in [1.29, 1.82) is 0 Å². The van der Waals surface area contributed by atoms with E-state index in [1.807, 2.05) is 0 Å². The number of amides is 1. The summed E-state index contributed by atoms with van der Waals surface area (Å²) in [5.74, 6) is 1.01. The van der Waals surface area contributed by atoms with Gasteiger partial charge in [-0.2, -0.15) is 11.8 Å². The first-order valence-electron chi connectivity index (χ1n) is 8.58. The van der Waals surface area contributed by atoms with Crippen LogP contribution in [0, 0.1) is 5.82 Å². The maximum absolute atomic E-state index is 12.9. The minimum Gasteiger partial charge on any atom is -0.354 e. The Morgan fingerprint density at radius 1 is 1.14 bits per heavy atom. The molecule has 2 aromatic carbocycles. The Labute approximate surface area is 177 Å². The first kappa shape index (κ1) is 22.7. The monoisotopic (exact) mass is 488 g/mol. The quantitative estimate of drug-likeness (QED) is 0.516. The maximum atomic E-state index is 12.9. The average molecular weight is 489 g/mol. The molecule has 5 nitrogen and oxygen atoms in total. The van der Waals surface area contributed by atoms with Gasteiger partial charge < -0.3 is 5.32 Å². The summed E-state index contributed by atoms with van der Waals surface area (Å²) in [6.07, 6.45) is 1.84. The SMILES string of the molecule is CS(=O)(=O)N(CC(=O)NCCCSCc1ccc(F)cc1)c1ccc(Br)cc1. The molecule has 0 heterocycles. The van der Waals surface area contributed by atoms with Gasteiger partial charge in [0.25, 0.3) is 0 Å². The van der Waals surface area contributed by atoms with E-state index in [2.05, 4.69) is 21.2 Å². The van der Waals surface area contributed by atoms with Gasteiger partial charge in [0, 0.05) is 16.8 Å². The van der Waals surface area contributed by atoms with Crippen molar-refractivity contribution in [3.8, 4) is 0 Å². The Bertz CT molecular complexity index is 875. The molecule has 0 saturated heterocycles. The molecule has 0 aromatic heterocycles. The van der Waals surface area contributed by atoms with Crippen LogP contribution in [-0.4, -0.2) is 39.4 Å². The van der Waals surface area contributed by atoms with Gasteiger partial charge >= 0.3 is 0 Å². The first-order valence-corrected chi connectivity index (χ1v) is 12.4. The van der Waals surface area contributed by atoms with Crippen LogP contribution in [-0.2, 0) is 20.6 Å². The molecule has 0 unspecified atom stereocenters. The highest BCUT2D eigenvalue weighted by atomic mass is 79.9. The second-order valence-electron chi connectivity index (χ2n) is 6.13. The highest BCUT2D eigenvalue weighted by Crippen LogP contribution is 2.20. The van der Waals surface area contributed by atoms with Crippen LogP contribution in [0.15, 0.2) is 53.0 Å². The lowest BCUT2D eigenvalue weighted by Crippen LogP contribution is -2.40. The molecule has 0 atom stereocenters. The van der Waals surface area contributed by atoms with Crippen molar-refractivity contribution in [2.75, 3.05) is 29.4 Å². The molecular weight excluding hydrogens is 467 g/mol. The van der Waals surface area contributed by atoms with E-state index in [1.165, 1.54) is 12.1 Å². The van der Waals surface area contributed by atoms with Gasteiger partial charge in [0.05, 0.1) is 11.9 Å². The minimum atomic E-state index is -3.57. The molecule has 0 aliphatic carbocycles. The van der Waals surface area contributed by atoms with E-state index < -0.39 is 10.0 Å². The fraction of sp³-hybridized carbons (Fsp3) is 0.316. The fourth-order valence-electron chi connectivity index (χ4n) is 2.37. The smallest absolute Gasteiger partial charge is 0.240 e. The van der Waals surface area contributed by atoms with Crippen molar-refractivity contribution >= 4 is 49.3 Å². The first-order chi connectivity index (χ1) is 13.3. The summed E-state index contributed by atoms with van der Waals surface area (Å²) in [4.78, 5) is 12.2. The standard InChI is InChI=1S/C19H22BrFN2O3S2/c1-28(25,26)23(18-9-5-16(20)6-10-18)13-19(24)22-11-2-12-27-14-15-3-7-17(21)8-4-15/h3-10H,2,11-14H2,1H3,(H,22,24). The van der Waals surface area contributed by atoms with Gasteiger partial charge in [-0.25, -0.2) is 12.8 Å². The molecule has 2 rings (SSSR count). The predicted octanol–water partition coefficient (Wildman–Crippen LogP) is 3.79. The van der Waals surface area contributed by atoms with E-state index in [0.29, 0.717) is 12.2 Å². The van der Waals surface area contributed by atoms with Crippen molar-refractivity contribution in [3.63, 3.8) is 0 Å². The normalized spacial score (nSPS) is 11.2. The second kappa shape index (κ2) is 10.8. The zero-order valence-corrected chi connectivity index (χ0v) is 18.6. The highest BCUT2D eigenvalue weighted by molar-refractivity contribution is 9.10. The highest BCUT2D eigenvalue weighted by Gasteiger charge is 2.20. The number of nitrogens with zero attached hydrogens (tertiary/aromatic N) is 1. The lowest BCUT2D eigenvalue weighted by molar-refractivity contribution is -0.119. The number of thioether (sulfide) groups is 1. The van der Waals surface area contributed by atoms with Crippen molar-refractivity contribution in [2.45, 2.75) is 12.2 Å². The molecule has 0 radical (unpaired) electrons. The topological polar surface area (TPSA) is 66.5 Å². The van der Waals surface area contributed by atoms with Gasteiger partial charge in [-0.15, -0.1) is 0 Å². The number of benzene rings is 2. The molecule has 1 amide bonds. The van der Waals surface area contributed by atoms with Crippen LogP contribution >= 0.6 is 27.7 Å². The number of carbonyl (C=O) groups is 1. The molecule has 0 saturated carbocycles. The summed E-state index contributed by atoms with van der Waals surface area (Å²) < 4.78 is 38.8. The largest absolute Gasteiger partial charge is 0.354 e. The van der Waals surface area contributed by atoms with Crippen molar-refractivity contribution < 1.29 is 17.6 Å². The number of halogens is 2. The van der Waals surface area contributed by atoms with Gasteiger partial charge in [-0.1, -0.05) is 28.1 Å².